The Morgan fingerprint density at radius 1 is 1.13 bits per heavy atom. The van der Waals surface area contributed by atoms with Crippen molar-refractivity contribution in [3.05, 3.63) is 65.5 Å². The Bertz CT molecular complexity index is 676. The van der Waals surface area contributed by atoms with Crippen molar-refractivity contribution >= 4 is 23.2 Å². The minimum absolute atomic E-state index is 0.0640. The van der Waals surface area contributed by atoms with Crippen LogP contribution >= 0.6 is 12.2 Å². The van der Waals surface area contributed by atoms with Gasteiger partial charge in [0.2, 0.25) is 0 Å². The lowest BCUT2D eigenvalue weighted by Crippen LogP contribution is -2.39. The van der Waals surface area contributed by atoms with Gasteiger partial charge in [-0.1, -0.05) is 39.0 Å². The fourth-order valence-corrected chi connectivity index (χ4v) is 2.18. The highest BCUT2D eigenvalue weighted by Crippen LogP contribution is 2.22. The third-order valence-electron chi connectivity index (χ3n) is 3.40. The van der Waals surface area contributed by atoms with Gasteiger partial charge in [0.25, 0.3) is 5.91 Å². The summed E-state index contributed by atoms with van der Waals surface area (Å²) < 4.78 is 0. The van der Waals surface area contributed by atoms with E-state index in [1.807, 2.05) is 42.5 Å². The Morgan fingerprint density at radius 3 is 2.39 bits per heavy atom. The quantitative estimate of drug-likeness (QED) is 0.850. The van der Waals surface area contributed by atoms with Gasteiger partial charge in [0.1, 0.15) is 0 Å². The summed E-state index contributed by atoms with van der Waals surface area (Å²) in [5.41, 5.74) is 2.69. The van der Waals surface area contributed by atoms with Crippen LogP contribution in [-0.4, -0.2) is 16.0 Å². The Kier molecular flexibility index (Phi) is 5.45. The molecule has 23 heavy (non-hydrogen) atoms. The lowest BCUT2D eigenvalue weighted by molar-refractivity contribution is 0.0976. The van der Waals surface area contributed by atoms with Crippen LogP contribution in [0.1, 0.15) is 42.4 Å². The minimum atomic E-state index is -0.219. The predicted molar refractivity (Wildman–Crippen MR) is 96.3 cm³/mol. The Hall–Kier alpha value is -2.27. The van der Waals surface area contributed by atoms with Crippen LogP contribution in [0, 0.1) is 0 Å². The largest absolute Gasteiger partial charge is 0.357 e. The number of aromatic nitrogens is 1. The molecule has 120 valence electrons. The number of nitrogens with one attached hydrogen (secondary N) is 2. The van der Waals surface area contributed by atoms with Gasteiger partial charge in [0.15, 0.2) is 5.11 Å². The van der Waals surface area contributed by atoms with E-state index in [0.29, 0.717) is 17.2 Å². The van der Waals surface area contributed by atoms with E-state index in [1.54, 1.807) is 6.20 Å². The van der Waals surface area contributed by atoms with Gasteiger partial charge in [-0.15, -0.1) is 0 Å². The molecule has 2 aromatic rings. The normalized spacial score (nSPS) is 10.9. The number of rotatable bonds is 3. The topological polar surface area (TPSA) is 54.0 Å². The first-order valence-corrected chi connectivity index (χ1v) is 7.87. The van der Waals surface area contributed by atoms with E-state index in [4.69, 9.17) is 12.2 Å². The summed E-state index contributed by atoms with van der Waals surface area (Å²) >= 11 is 5.14. The molecule has 1 heterocycles. The zero-order valence-corrected chi connectivity index (χ0v) is 14.4. The number of benzene rings is 1. The van der Waals surface area contributed by atoms with Crippen LogP contribution in [-0.2, 0) is 12.0 Å². The van der Waals surface area contributed by atoms with E-state index in [0.717, 1.165) is 5.69 Å². The summed E-state index contributed by atoms with van der Waals surface area (Å²) in [6.45, 7) is 6.89. The van der Waals surface area contributed by atoms with E-state index in [1.165, 1.54) is 5.56 Å². The average molecular weight is 327 g/mol. The fraction of sp³-hybridized carbons (Fsp3) is 0.278. The van der Waals surface area contributed by atoms with E-state index < -0.39 is 0 Å². The van der Waals surface area contributed by atoms with Crippen molar-refractivity contribution in [2.24, 2.45) is 0 Å². The van der Waals surface area contributed by atoms with E-state index in [2.05, 4.69) is 36.4 Å². The molecule has 5 heteroatoms. The lowest BCUT2D eigenvalue weighted by atomic mass is 9.87. The van der Waals surface area contributed by atoms with Crippen LogP contribution in [0.2, 0.25) is 0 Å². The van der Waals surface area contributed by atoms with Gasteiger partial charge in [-0.25, -0.2) is 0 Å². The smallest absolute Gasteiger partial charge is 0.257 e. The number of carbonyl (C=O) groups is 1. The van der Waals surface area contributed by atoms with Crippen LogP contribution in [0.3, 0.4) is 0 Å². The number of pyridine rings is 1. The van der Waals surface area contributed by atoms with Crippen LogP contribution in [0.15, 0.2) is 48.7 Å². The van der Waals surface area contributed by atoms with Crippen molar-refractivity contribution in [2.45, 2.75) is 32.7 Å². The van der Waals surface area contributed by atoms with Crippen molar-refractivity contribution < 1.29 is 4.79 Å². The molecule has 1 aromatic carbocycles. The SMILES string of the molecule is CC(C)(C)c1ccc(C(=O)NC(=S)NCc2ccccn2)cc1. The van der Waals surface area contributed by atoms with Crippen molar-refractivity contribution in [3.63, 3.8) is 0 Å². The number of hydrogen-bond acceptors (Lipinski definition) is 3. The molecule has 0 unspecified atom stereocenters. The fourth-order valence-electron chi connectivity index (χ4n) is 2.01. The first-order valence-electron chi connectivity index (χ1n) is 7.46. The molecule has 0 bridgehead atoms. The summed E-state index contributed by atoms with van der Waals surface area (Å²) in [4.78, 5) is 16.4. The van der Waals surface area contributed by atoms with Gasteiger partial charge >= 0.3 is 0 Å². The van der Waals surface area contributed by atoms with Gasteiger partial charge < -0.3 is 5.32 Å². The van der Waals surface area contributed by atoms with Crippen LogP contribution in [0.4, 0.5) is 0 Å². The molecule has 0 fully saturated rings. The zero-order valence-electron chi connectivity index (χ0n) is 13.6. The molecular formula is C18H21N3OS. The molecule has 1 amide bonds. The summed E-state index contributed by atoms with van der Waals surface area (Å²) in [7, 11) is 0. The van der Waals surface area contributed by atoms with Gasteiger partial charge in [0, 0.05) is 11.8 Å². The number of thiocarbonyl (C=S) groups is 1. The second-order valence-corrected chi connectivity index (χ2v) is 6.69. The van der Waals surface area contributed by atoms with Gasteiger partial charge in [-0.05, 0) is 47.5 Å². The maximum absolute atomic E-state index is 12.2. The highest BCUT2D eigenvalue weighted by Gasteiger charge is 2.14. The monoisotopic (exact) mass is 327 g/mol. The number of hydrogen-bond donors (Lipinski definition) is 2. The molecule has 1 aromatic heterocycles. The Morgan fingerprint density at radius 2 is 1.83 bits per heavy atom. The maximum atomic E-state index is 12.2. The van der Waals surface area contributed by atoms with Crippen molar-refractivity contribution in [1.82, 2.24) is 15.6 Å². The molecule has 4 nitrogen and oxygen atoms in total. The third kappa shape index (κ3) is 5.14. The molecular weight excluding hydrogens is 306 g/mol. The van der Waals surface area contributed by atoms with Crippen molar-refractivity contribution in [1.29, 1.82) is 0 Å². The first kappa shape index (κ1) is 17.1. The molecule has 0 aliphatic carbocycles. The average Bonchev–Trinajstić information content (AvgIpc) is 2.53. The molecule has 0 spiro atoms. The molecule has 0 aliphatic rings. The third-order valence-corrected chi connectivity index (χ3v) is 3.64. The standard InChI is InChI=1S/C18H21N3OS/c1-18(2,3)14-9-7-13(8-10-14)16(22)21-17(23)20-12-15-6-4-5-11-19-15/h4-11H,12H2,1-3H3,(H2,20,21,22,23). The number of carbonyl (C=O) groups excluding carboxylic acids is 1. The van der Waals surface area contributed by atoms with Crippen molar-refractivity contribution in [2.75, 3.05) is 0 Å². The summed E-state index contributed by atoms with van der Waals surface area (Å²) in [5, 5.41) is 5.94. The predicted octanol–water partition coefficient (Wildman–Crippen LogP) is 3.18. The highest BCUT2D eigenvalue weighted by atomic mass is 32.1. The van der Waals surface area contributed by atoms with Gasteiger partial charge in [-0.2, -0.15) is 0 Å². The summed E-state index contributed by atoms with van der Waals surface area (Å²) in [6.07, 6.45) is 1.72. The Labute approximate surface area is 142 Å². The molecule has 2 rings (SSSR count). The van der Waals surface area contributed by atoms with Gasteiger partial charge in [-0.3, -0.25) is 15.1 Å². The molecule has 0 aliphatic heterocycles. The molecule has 0 radical (unpaired) electrons. The number of amides is 1. The summed E-state index contributed by atoms with van der Waals surface area (Å²) in [5.74, 6) is -0.219. The Balaban J connectivity index is 1.89. The van der Waals surface area contributed by atoms with E-state index in [9.17, 15) is 4.79 Å². The summed E-state index contributed by atoms with van der Waals surface area (Å²) in [6, 6.07) is 13.2. The zero-order chi connectivity index (χ0) is 16.9. The van der Waals surface area contributed by atoms with Crippen LogP contribution in [0.25, 0.3) is 0 Å². The van der Waals surface area contributed by atoms with Crippen LogP contribution in [0.5, 0.6) is 0 Å². The van der Waals surface area contributed by atoms with Gasteiger partial charge in [0.05, 0.1) is 12.2 Å². The minimum Gasteiger partial charge on any atom is -0.357 e. The molecule has 0 saturated heterocycles. The number of nitrogens with zero attached hydrogens (tertiary/aromatic N) is 1. The molecule has 0 atom stereocenters. The molecule has 0 saturated carbocycles. The van der Waals surface area contributed by atoms with Crippen molar-refractivity contribution in [3.8, 4) is 0 Å². The van der Waals surface area contributed by atoms with E-state index >= 15 is 0 Å². The van der Waals surface area contributed by atoms with Crippen LogP contribution < -0.4 is 10.6 Å². The second-order valence-electron chi connectivity index (χ2n) is 6.29. The second kappa shape index (κ2) is 7.33. The maximum Gasteiger partial charge on any atom is 0.257 e. The first-order chi connectivity index (χ1) is 10.9. The molecule has 2 N–H and O–H groups in total. The lowest BCUT2D eigenvalue weighted by Gasteiger charge is -2.19. The highest BCUT2D eigenvalue weighted by molar-refractivity contribution is 7.80. The van der Waals surface area contributed by atoms with E-state index in [-0.39, 0.29) is 11.3 Å².